The molecule has 114 valence electrons. The van der Waals surface area contributed by atoms with Crippen LogP contribution in [0.25, 0.3) is 0 Å². The van der Waals surface area contributed by atoms with Gasteiger partial charge in [-0.15, -0.1) is 0 Å². The Labute approximate surface area is 125 Å². The number of benzene rings is 1. The van der Waals surface area contributed by atoms with E-state index in [0.29, 0.717) is 6.54 Å². The summed E-state index contributed by atoms with van der Waals surface area (Å²) in [5, 5.41) is 0. The van der Waals surface area contributed by atoms with Crippen LogP contribution in [0, 0.1) is 0 Å². The van der Waals surface area contributed by atoms with Crippen molar-refractivity contribution in [1.29, 1.82) is 0 Å². The van der Waals surface area contributed by atoms with Gasteiger partial charge < -0.3 is 10.6 Å². The van der Waals surface area contributed by atoms with Crippen LogP contribution in [0.15, 0.2) is 24.3 Å². The van der Waals surface area contributed by atoms with E-state index in [-0.39, 0.29) is 0 Å². The highest BCUT2D eigenvalue weighted by Gasteiger charge is 2.03. The van der Waals surface area contributed by atoms with Crippen molar-refractivity contribution >= 4 is 5.69 Å². The van der Waals surface area contributed by atoms with Crippen molar-refractivity contribution in [3.8, 4) is 0 Å². The number of nitrogens with two attached hydrogens (primary N) is 1. The highest BCUT2D eigenvalue weighted by Crippen LogP contribution is 2.16. The smallest absolute Gasteiger partial charge is 0.0366 e. The van der Waals surface area contributed by atoms with E-state index in [9.17, 15) is 0 Å². The van der Waals surface area contributed by atoms with Crippen molar-refractivity contribution < 1.29 is 0 Å². The molecule has 0 aliphatic rings. The van der Waals surface area contributed by atoms with Crippen LogP contribution in [0.1, 0.15) is 64.4 Å². The van der Waals surface area contributed by atoms with Gasteiger partial charge in [-0.2, -0.15) is 0 Å². The molecular formula is C18H32N2. The molecular weight excluding hydrogens is 244 g/mol. The van der Waals surface area contributed by atoms with E-state index >= 15 is 0 Å². The maximum atomic E-state index is 5.64. The summed E-state index contributed by atoms with van der Waals surface area (Å²) < 4.78 is 0. The molecule has 0 saturated carbocycles. The first-order valence-corrected chi connectivity index (χ1v) is 8.35. The van der Waals surface area contributed by atoms with E-state index in [4.69, 9.17) is 5.73 Å². The Kier molecular flexibility index (Phi) is 9.14. The van der Waals surface area contributed by atoms with Gasteiger partial charge in [0.1, 0.15) is 0 Å². The minimum atomic E-state index is 0.629. The van der Waals surface area contributed by atoms with Crippen LogP contribution >= 0.6 is 0 Å². The molecule has 0 unspecified atom stereocenters. The van der Waals surface area contributed by atoms with Gasteiger partial charge >= 0.3 is 0 Å². The normalized spacial score (nSPS) is 10.8. The first kappa shape index (κ1) is 17.0. The van der Waals surface area contributed by atoms with Crippen LogP contribution in [0.2, 0.25) is 0 Å². The number of hydrogen-bond acceptors (Lipinski definition) is 2. The van der Waals surface area contributed by atoms with Gasteiger partial charge in [-0.1, -0.05) is 57.6 Å². The van der Waals surface area contributed by atoms with Gasteiger partial charge in [-0.25, -0.2) is 0 Å². The largest absolute Gasteiger partial charge is 0.372 e. The van der Waals surface area contributed by atoms with Crippen molar-refractivity contribution in [2.45, 2.75) is 65.3 Å². The zero-order valence-corrected chi connectivity index (χ0v) is 13.4. The molecule has 0 spiro atoms. The van der Waals surface area contributed by atoms with Crippen molar-refractivity contribution in [3.05, 3.63) is 29.8 Å². The number of hydrogen-bond donors (Lipinski definition) is 1. The van der Waals surface area contributed by atoms with Gasteiger partial charge in [0.05, 0.1) is 0 Å². The first-order chi connectivity index (χ1) is 9.81. The molecule has 1 aromatic carbocycles. The average molecular weight is 276 g/mol. The van der Waals surface area contributed by atoms with Crippen LogP contribution in [0.4, 0.5) is 5.69 Å². The number of unbranched alkanes of at least 4 members (excludes halogenated alkanes) is 6. The zero-order valence-electron chi connectivity index (χ0n) is 13.4. The van der Waals surface area contributed by atoms with E-state index in [0.717, 1.165) is 6.54 Å². The molecule has 0 aliphatic carbocycles. The summed E-state index contributed by atoms with van der Waals surface area (Å²) >= 11 is 0. The molecule has 0 fully saturated rings. The summed E-state index contributed by atoms with van der Waals surface area (Å²) in [6.45, 7) is 7.39. The highest BCUT2D eigenvalue weighted by molar-refractivity contribution is 5.47. The fourth-order valence-corrected chi connectivity index (χ4v) is 2.57. The zero-order chi connectivity index (χ0) is 14.6. The number of anilines is 1. The lowest BCUT2D eigenvalue weighted by Crippen LogP contribution is -2.23. The SMILES string of the molecule is CCCCCCCCCN(CC)c1ccc(CN)cc1. The monoisotopic (exact) mass is 276 g/mol. The van der Waals surface area contributed by atoms with Crippen molar-refractivity contribution in [2.24, 2.45) is 5.73 Å². The Morgan fingerprint density at radius 2 is 1.45 bits per heavy atom. The molecule has 2 heteroatoms. The Morgan fingerprint density at radius 1 is 0.850 bits per heavy atom. The van der Waals surface area contributed by atoms with E-state index in [1.165, 1.54) is 62.7 Å². The van der Waals surface area contributed by atoms with Crippen molar-refractivity contribution in [1.82, 2.24) is 0 Å². The molecule has 1 rings (SSSR count). The summed E-state index contributed by atoms with van der Waals surface area (Å²) in [4.78, 5) is 2.46. The predicted octanol–water partition coefficient (Wildman–Crippen LogP) is 4.72. The second-order valence-electron chi connectivity index (χ2n) is 5.57. The van der Waals surface area contributed by atoms with Crippen molar-refractivity contribution in [3.63, 3.8) is 0 Å². The van der Waals surface area contributed by atoms with Gasteiger partial charge in [0.25, 0.3) is 0 Å². The molecule has 0 aromatic heterocycles. The van der Waals surface area contributed by atoms with E-state index in [1.807, 2.05) is 0 Å². The quantitative estimate of drug-likeness (QED) is 0.592. The lowest BCUT2D eigenvalue weighted by atomic mass is 10.1. The van der Waals surface area contributed by atoms with Crippen LogP contribution in [0.5, 0.6) is 0 Å². The van der Waals surface area contributed by atoms with Gasteiger partial charge in [0, 0.05) is 25.3 Å². The maximum Gasteiger partial charge on any atom is 0.0366 e. The molecule has 0 heterocycles. The summed E-state index contributed by atoms with van der Waals surface area (Å²) in [6, 6.07) is 8.69. The van der Waals surface area contributed by atoms with Crippen LogP contribution in [-0.4, -0.2) is 13.1 Å². The molecule has 0 radical (unpaired) electrons. The maximum absolute atomic E-state index is 5.64. The fourth-order valence-electron chi connectivity index (χ4n) is 2.57. The average Bonchev–Trinajstić information content (AvgIpc) is 2.50. The lowest BCUT2D eigenvalue weighted by Gasteiger charge is -2.23. The number of rotatable bonds is 11. The fraction of sp³-hybridized carbons (Fsp3) is 0.667. The topological polar surface area (TPSA) is 29.3 Å². The molecule has 2 N–H and O–H groups in total. The molecule has 0 saturated heterocycles. The molecule has 0 aliphatic heterocycles. The van der Waals surface area contributed by atoms with Gasteiger partial charge in [0.2, 0.25) is 0 Å². The van der Waals surface area contributed by atoms with E-state index < -0.39 is 0 Å². The third-order valence-electron chi connectivity index (χ3n) is 3.95. The minimum absolute atomic E-state index is 0.629. The van der Waals surface area contributed by atoms with Crippen LogP contribution in [0.3, 0.4) is 0 Å². The Bertz CT molecular complexity index is 332. The molecule has 0 amide bonds. The summed E-state index contributed by atoms with van der Waals surface area (Å²) in [6.07, 6.45) is 9.61. The Morgan fingerprint density at radius 3 is 2.00 bits per heavy atom. The third-order valence-corrected chi connectivity index (χ3v) is 3.95. The van der Waals surface area contributed by atoms with Gasteiger partial charge in [-0.05, 0) is 31.0 Å². The minimum Gasteiger partial charge on any atom is -0.372 e. The Hall–Kier alpha value is -1.02. The summed E-state index contributed by atoms with van der Waals surface area (Å²) in [5.41, 5.74) is 8.18. The summed E-state index contributed by atoms with van der Waals surface area (Å²) in [5.74, 6) is 0. The second kappa shape index (κ2) is 10.7. The predicted molar refractivity (Wildman–Crippen MR) is 90.2 cm³/mol. The third kappa shape index (κ3) is 6.42. The van der Waals surface area contributed by atoms with Gasteiger partial charge in [0.15, 0.2) is 0 Å². The molecule has 20 heavy (non-hydrogen) atoms. The summed E-state index contributed by atoms with van der Waals surface area (Å²) in [7, 11) is 0. The van der Waals surface area contributed by atoms with E-state index in [1.54, 1.807) is 0 Å². The lowest BCUT2D eigenvalue weighted by molar-refractivity contribution is 0.585. The molecule has 1 aromatic rings. The standard InChI is InChI=1S/C18H32N2/c1-3-5-6-7-8-9-10-15-20(4-2)18-13-11-17(16-19)12-14-18/h11-14H,3-10,15-16,19H2,1-2H3. The van der Waals surface area contributed by atoms with Crippen molar-refractivity contribution in [2.75, 3.05) is 18.0 Å². The number of nitrogens with zero attached hydrogens (tertiary/aromatic N) is 1. The first-order valence-electron chi connectivity index (χ1n) is 8.35. The molecule has 2 nitrogen and oxygen atoms in total. The molecule has 0 atom stereocenters. The van der Waals surface area contributed by atoms with Crippen LogP contribution < -0.4 is 10.6 Å². The Balaban J connectivity index is 2.24. The second-order valence-corrected chi connectivity index (χ2v) is 5.57. The van der Waals surface area contributed by atoms with E-state index in [2.05, 4.69) is 43.0 Å². The van der Waals surface area contributed by atoms with Crippen LogP contribution in [-0.2, 0) is 6.54 Å². The van der Waals surface area contributed by atoms with Gasteiger partial charge in [-0.3, -0.25) is 0 Å². The highest BCUT2D eigenvalue weighted by atomic mass is 15.1. The molecule has 0 bridgehead atoms.